The maximum Gasteiger partial charge on any atom is 0.251 e. The van der Waals surface area contributed by atoms with Gasteiger partial charge in [0.05, 0.1) is 11.8 Å². The highest BCUT2D eigenvalue weighted by molar-refractivity contribution is 5.94. The van der Waals surface area contributed by atoms with Crippen molar-refractivity contribution in [3.63, 3.8) is 0 Å². The Morgan fingerprint density at radius 2 is 2.15 bits per heavy atom. The number of rotatable bonds is 5. The quantitative estimate of drug-likeness (QED) is 0.809. The highest BCUT2D eigenvalue weighted by Gasteiger charge is 2.29. The van der Waals surface area contributed by atoms with Crippen LogP contribution in [0.3, 0.4) is 0 Å². The van der Waals surface area contributed by atoms with Crippen LogP contribution in [0.5, 0.6) is 0 Å². The first-order valence-corrected chi connectivity index (χ1v) is 6.54. The minimum atomic E-state index is -0.431. The third-order valence-corrected chi connectivity index (χ3v) is 3.38. The van der Waals surface area contributed by atoms with E-state index in [4.69, 9.17) is 0 Å². The van der Waals surface area contributed by atoms with Gasteiger partial charge in [-0.1, -0.05) is 0 Å². The lowest BCUT2D eigenvalue weighted by molar-refractivity contribution is 0.0901. The topological polar surface area (TPSA) is 92.9 Å². The first-order chi connectivity index (χ1) is 9.74. The molecule has 0 saturated heterocycles. The molecule has 2 aromatic rings. The first kappa shape index (κ1) is 12.7. The lowest BCUT2D eigenvalue weighted by Crippen LogP contribution is -2.33. The van der Waals surface area contributed by atoms with Gasteiger partial charge in [-0.15, -0.1) is 5.10 Å². The van der Waals surface area contributed by atoms with Gasteiger partial charge in [-0.05, 0) is 53.5 Å². The van der Waals surface area contributed by atoms with Crippen LogP contribution in [0.2, 0.25) is 0 Å². The zero-order valence-electron chi connectivity index (χ0n) is 10.8. The Kier molecular flexibility index (Phi) is 3.42. The third-order valence-electron chi connectivity index (χ3n) is 3.38. The molecule has 7 heteroatoms. The fraction of sp³-hybridized carbons (Fsp3) is 0.385. The van der Waals surface area contributed by atoms with Gasteiger partial charge < -0.3 is 10.4 Å². The number of tetrazole rings is 1. The average Bonchev–Trinajstić information content (AvgIpc) is 3.19. The summed E-state index contributed by atoms with van der Waals surface area (Å²) in [6.45, 7) is 0.304. The van der Waals surface area contributed by atoms with Crippen LogP contribution in [0.25, 0.3) is 5.69 Å². The molecule has 1 aliphatic rings. The van der Waals surface area contributed by atoms with Crippen LogP contribution in [-0.2, 0) is 0 Å². The zero-order chi connectivity index (χ0) is 13.9. The Morgan fingerprint density at radius 3 is 2.75 bits per heavy atom. The Labute approximate surface area is 115 Å². The minimum absolute atomic E-state index is 0.187. The maximum atomic E-state index is 11.9. The van der Waals surface area contributed by atoms with Gasteiger partial charge in [0.25, 0.3) is 5.91 Å². The number of amides is 1. The number of carbonyl (C=O) groups excluding carboxylic acids is 1. The highest BCUT2D eigenvalue weighted by atomic mass is 16.3. The molecule has 1 aliphatic carbocycles. The van der Waals surface area contributed by atoms with E-state index >= 15 is 0 Å². The molecule has 1 aromatic heterocycles. The highest BCUT2D eigenvalue weighted by Crippen LogP contribution is 2.32. The predicted octanol–water partition coefficient (Wildman–Crippen LogP) is 0.163. The van der Waals surface area contributed by atoms with Gasteiger partial charge in [-0.25, -0.2) is 4.68 Å². The van der Waals surface area contributed by atoms with Crippen LogP contribution >= 0.6 is 0 Å². The van der Waals surface area contributed by atoms with Gasteiger partial charge >= 0.3 is 0 Å². The molecule has 1 heterocycles. The number of aliphatic hydroxyl groups excluding tert-OH is 1. The van der Waals surface area contributed by atoms with Crippen molar-refractivity contribution in [3.05, 3.63) is 36.2 Å². The number of hydrogen-bond donors (Lipinski definition) is 2. The summed E-state index contributed by atoms with van der Waals surface area (Å²) < 4.78 is 1.51. The molecule has 0 radical (unpaired) electrons. The van der Waals surface area contributed by atoms with E-state index in [2.05, 4.69) is 20.8 Å². The van der Waals surface area contributed by atoms with Gasteiger partial charge in [0.2, 0.25) is 0 Å². The van der Waals surface area contributed by atoms with Gasteiger partial charge in [-0.3, -0.25) is 4.79 Å². The Balaban J connectivity index is 1.60. The monoisotopic (exact) mass is 273 g/mol. The van der Waals surface area contributed by atoms with Gasteiger partial charge in [-0.2, -0.15) is 0 Å². The second-order valence-corrected chi connectivity index (χ2v) is 4.92. The number of carbonyl (C=O) groups is 1. The van der Waals surface area contributed by atoms with Gasteiger partial charge in [0, 0.05) is 12.1 Å². The molecule has 7 nitrogen and oxygen atoms in total. The van der Waals surface area contributed by atoms with Crippen molar-refractivity contribution in [2.24, 2.45) is 5.92 Å². The fourth-order valence-corrected chi connectivity index (χ4v) is 1.99. The zero-order valence-corrected chi connectivity index (χ0v) is 10.8. The van der Waals surface area contributed by atoms with Crippen LogP contribution in [0.15, 0.2) is 30.6 Å². The van der Waals surface area contributed by atoms with E-state index in [0.29, 0.717) is 18.0 Å². The number of nitrogens with one attached hydrogen (secondary N) is 1. The third kappa shape index (κ3) is 2.83. The Hall–Kier alpha value is -2.28. The van der Waals surface area contributed by atoms with E-state index in [9.17, 15) is 9.90 Å². The number of aromatic nitrogens is 4. The normalized spacial score (nSPS) is 15.8. The molecular weight excluding hydrogens is 258 g/mol. The van der Waals surface area contributed by atoms with Crippen molar-refractivity contribution in [1.82, 2.24) is 25.5 Å². The predicted molar refractivity (Wildman–Crippen MR) is 70.2 cm³/mol. The largest absolute Gasteiger partial charge is 0.391 e. The molecule has 1 atom stereocenters. The molecule has 0 spiro atoms. The van der Waals surface area contributed by atoms with Crippen molar-refractivity contribution in [3.8, 4) is 5.69 Å². The lowest BCUT2D eigenvalue weighted by atomic mass is 10.2. The summed E-state index contributed by atoms with van der Waals surface area (Å²) in [6, 6.07) is 6.94. The van der Waals surface area contributed by atoms with E-state index in [-0.39, 0.29) is 5.91 Å². The van der Waals surface area contributed by atoms with Crippen molar-refractivity contribution in [2.75, 3.05) is 6.54 Å². The van der Waals surface area contributed by atoms with Crippen LogP contribution in [0.4, 0.5) is 0 Å². The van der Waals surface area contributed by atoms with Gasteiger partial charge in [0.1, 0.15) is 6.33 Å². The van der Waals surface area contributed by atoms with Gasteiger partial charge in [0.15, 0.2) is 0 Å². The summed E-state index contributed by atoms with van der Waals surface area (Å²) in [4.78, 5) is 11.9. The molecule has 0 aliphatic heterocycles. The van der Waals surface area contributed by atoms with Crippen molar-refractivity contribution < 1.29 is 9.90 Å². The molecule has 104 valence electrons. The summed E-state index contributed by atoms with van der Waals surface area (Å²) >= 11 is 0. The second-order valence-electron chi connectivity index (χ2n) is 4.92. The summed E-state index contributed by atoms with van der Waals surface area (Å²) in [5.41, 5.74) is 1.33. The van der Waals surface area contributed by atoms with Crippen LogP contribution in [0, 0.1) is 5.92 Å². The van der Waals surface area contributed by atoms with E-state index in [1.807, 2.05) is 0 Å². The Morgan fingerprint density at radius 1 is 1.40 bits per heavy atom. The number of nitrogens with zero attached hydrogens (tertiary/aromatic N) is 4. The Bertz CT molecular complexity index is 577. The van der Waals surface area contributed by atoms with E-state index in [1.165, 1.54) is 11.0 Å². The van der Waals surface area contributed by atoms with E-state index < -0.39 is 6.10 Å². The summed E-state index contributed by atoms with van der Waals surface area (Å²) in [6.07, 6.45) is 3.16. The molecular formula is C13H15N5O2. The molecule has 1 amide bonds. The summed E-state index contributed by atoms with van der Waals surface area (Å²) in [5.74, 6) is 0.172. The molecule has 1 aromatic carbocycles. The first-order valence-electron chi connectivity index (χ1n) is 6.54. The number of aliphatic hydroxyl groups is 1. The average molecular weight is 273 g/mol. The number of hydrogen-bond acceptors (Lipinski definition) is 5. The maximum absolute atomic E-state index is 11.9. The van der Waals surface area contributed by atoms with Crippen LogP contribution in [-0.4, -0.2) is 43.9 Å². The smallest absolute Gasteiger partial charge is 0.251 e. The van der Waals surface area contributed by atoms with Crippen molar-refractivity contribution >= 4 is 5.91 Å². The van der Waals surface area contributed by atoms with E-state index in [1.54, 1.807) is 24.3 Å². The minimum Gasteiger partial charge on any atom is -0.391 e. The molecule has 3 rings (SSSR count). The molecule has 2 N–H and O–H groups in total. The van der Waals surface area contributed by atoms with Crippen LogP contribution in [0.1, 0.15) is 23.2 Å². The molecule has 1 saturated carbocycles. The standard InChI is InChI=1S/C13H15N5O2/c19-12(9-1-2-9)7-14-13(20)10-3-5-11(6-4-10)18-8-15-16-17-18/h3-6,8-9,12,19H,1-2,7H2,(H,14,20). The SMILES string of the molecule is O=C(NCC(O)C1CC1)c1ccc(-n2cnnn2)cc1. The van der Waals surface area contributed by atoms with Crippen molar-refractivity contribution in [1.29, 1.82) is 0 Å². The van der Waals surface area contributed by atoms with Crippen molar-refractivity contribution in [2.45, 2.75) is 18.9 Å². The molecule has 1 unspecified atom stereocenters. The molecule has 0 bridgehead atoms. The lowest BCUT2D eigenvalue weighted by Gasteiger charge is -2.10. The summed E-state index contributed by atoms with van der Waals surface area (Å²) in [7, 11) is 0. The molecule has 1 fully saturated rings. The fourth-order valence-electron chi connectivity index (χ4n) is 1.99. The summed E-state index contributed by atoms with van der Waals surface area (Å²) in [5, 5.41) is 23.3. The number of benzene rings is 1. The molecule has 20 heavy (non-hydrogen) atoms. The van der Waals surface area contributed by atoms with E-state index in [0.717, 1.165) is 18.5 Å². The van der Waals surface area contributed by atoms with Crippen LogP contribution < -0.4 is 5.32 Å². The second kappa shape index (κ2) is 5.38.